The Morgan fingerprint density at radius 2 is 1.89 bits per heavy atom. The molecule has 1 heterocycles. The van der Waals surface area contributed by atoms with Gasteiger partial charge in [0.05, 0.1) is 5.56 Å². The van der Waals surface area contributed by atoms with Crippen molar-refractivity contribution in [1.82, 2.24) is 4.90 Å². The Bertz CT molecular complexity index is 434. The molecule has 0 unspecified atom stereocenters. The Hall–Kier alpha value is -1.51. The van der Waals surface area contributed by atoms with E-state index in [1.54, 1.807) is 0 Å². The highest BCUT2D eigenvalue weighted by atomic mass is 16.2. The van der Waals surface area contributed by atoms with Gasteiger partial charge in [-0.25, -0.2) is 0 Å². The number of nitrogens with one attached hydrogen (secondary N) is 1. The molecule has 1 aromatic rings. The predicted molar refractivity (Wildman–Crippen MR) is 79.5 cm³/mol. The molecule has 1 amide bonds. The first-order chi connectivity index (χ1) is 9.13. The normalized spacial score (nSPS) is 16.7. The molecule has 1 saturated heterocycles. The molecule has 0 bridgehead atoms. The van der Waals surface area contributed by atoms with Crippen LogP contribution in [0.15, 0.2) is 24.3 Å². The van der Waals surface area contributed by atoms with Crippen molar-refractivity contribution in [3.05, 3.63) is 29.8 Å². The maximum Gasteiger partial charge on any atom is 0.255 e. The summed E-state index contributed by atoms with van der Waals surface area (Å²) in [6.07, 6.45) is 2.26. The number of hydrogen-bond acceptors (Lipinski definition) is 2. The van der Waals surface area contributed by atoms with E-state index >= 15 is 0 Å². The molecule has 104 valence electrons. The minimum absolute atomic E-state index is 0.159. The van der Waals surface area contributed by atoms with Crippen LogP contribution in [0.4, 0.5) is 5.69 Å². The van der Waals surface area contributed by atoms with Gasteiger partial charge in [-0.3, -0.25) is 4.79 Å². The molecule has 1 N–H and O–H groups in total. The van der Waals surface area contributed by atoms with Gasteiger partial charge in [-0.05, 0) is 36.8 Å². The summed E-state index contributed by atoms with van der Waals surface area (Å²) in [7, 11) is 1.86. The first-order valence-electron chi connectivity index (χ1n) is 7.19. The van der Waals surface area contributed by atoms with E-state index in [1.807, 2.05) is 36.2 Å². The molecule has 0 spiro atoms. The van der Waals surface area contributed by atoms with Crippen LogP contribution in [0.25, 0.3) is 0 Å². The minimum atomic E-state index is 0.159. The molecule has 0 aliphatic carbocycles. The third-order valence-electron chi connectivity index (χ3n) is 4.20. The van der Waals surface area contributed by atoms with Crippen LogP contribution in [0.5, 0.6) is 0 Å². The zero-order valence-electron chi connectivity index (χ0n) is 12.1. The van der Waals surface area contributed by atoms with E-state index in [-0.39, 0.29) is 5.91 Å². The zero-order chi connectivity index (χ0) is 13.8. The number of carbonyl (C=O) groups excluding carboxylic acids is 1. The Morgan fingerprint density at radius 1 is 1.26 bits per heavy atom. The van der Waals surface area contributed by atoms with Crippen molar-refractivity contribution in [3.63, 3.8) is 0 Å². The molecule has 0 aromatic heterocycles. The second kappa shape index (κ2) is 6.09. The Kier molecular flexibility index (Phi) is 4.46. The topological polar surface area (TPSA) is 32.3 Å². The number of hydrogen-bond donors (Lipinski definition) is 1. The first-order valence-corrected chi connectivity index (χ1v) is 7.19. The van der Waals surface area contributed by atoms with Crippen LogP contribution < -0.4 is 5.32 Å². The van der Waals surface area contributed by atoms with E-state index in [0.717, 1.165) is 49.0 Å². The van der Waals surface area contributed by atoms with Crippen LogP contribution >= 0.6 is 0 Å². The van der Waals surface area contributed by atoms with Crippen LogP contribution in [0, 0.1) is 11.8 Å². The smallest absolute Gasteiger partial charge is 0.255 e. The van der Waals surface area contributed by atoms with E-state index in [1.165, 1.54) is 0 Å². The van der Waals surface area contributed by atoms with Crippen molar-refractivity contribution in [1.29, 1.82) is 0 Å². The molecule has 3 nitrogen and oxygen atoms in total. The lowest BCUT2D eigenvalue weighted by Gasteiger charge is -2.34. The van der Waals surface area contributed by atoms with Crippen LogP contribution in [0.2, 0.25) is 0 Å². The fraction of sp³-hybridized carbons (Fsp3) is 0.562. The van der Waals surface area contributed by atoms with Crippen molar-refractivity contribution in [3.8, 4) is 0 Å². The third-order valence-corrected chi connectivity index (χ3v) is 4.20. The number of amides is 1. The van der Waals surface area contributed by atoms with Crippen molar-refractivity contribution in [2.45, 2.75) is 26.7 Å². The highest BCUT2D eigenvalue weighted by Gasteiger charge is 2.25. The van der Waals surface area contributed by atoms with Gasteiger partial charge >= 0.3 is 0 Å². The monoisotopic (exact) mass is 260 g/mol. The maximum atomic E-state index is 12.5. The molecule has 0 radical (unpaired) electrons. The molecule has 0 saturated carbocycles. The Labute approximate surface area is 116 Å². The van der Waals surface area contributed by atoms with Crippen LogP contribution in [-0.2, 0) is 0 Å². The van der Waals surface area contributed by atoms with Gasteiger partial charge in [0.2, 0.25) is 0 Å². The molecule has 1 aliphatic rings. The molecule has 1 aliphatic heterocycles. The molecule has 3 heteroatoms. The van der Waals surface area contributed by atoms with E-state index < -0.39 is 0 Å². The Balaban J connectivity index is 2.05. The average Bonchev–Trinajstić information content (AvgIpc) is 2.46. The molecule has 2 rings (SSSR count). The van der Waals surface area contributed by atoms with E-state index in [0.29, 0.717) is 0 Å². The number of nitrogens with zero attached hydrogens (tertiary/aromatic N) is 1. The number of anilines is 1. The molecular weight excluding hydrogens is 236 g/mol. The summed E-state index contributed by atoms with van der Waals surface area (Å²) in [6.45, 7) is 6.33. The number of carbonyl (C=O) groups is 1. The number of rotatable bonds is 3. The number of likely N-dealkylation sites (tertiary alicyclic amines) is 1. The first kappa shape index (κ1) is 13.9. The fourth-order valence-corrected chi connectivity index (χ4v) is 2.83. The second-order valence-electron chi connectivity index (χ2n) is 5.67. The summed E-state index contributed by atoms with van der Waals surface area (Å²) in [5.41, 5.74) is 1.70. The largest absolute Gasteiger partial charge is 0.387 e. The van der Waals surface area contributed by atoms with E-state index in [4.69, 9.17) is 0 Å². The standard InChI is InChI=1S/C16H24N2O/c1-12(2)13-8-10-18(11-9-13)16(19)14-6-4-5-7-15(14)17-3/h4-7,12-13,17H,8-11H2,1-3H3. The van der Waals surface area contributed by atoms with Gasteiger partial charge in [0.1, 0.15) is 0 Å². The van der Waals surface area contributed by atoms with Crippen LogP contribution in [0.3, 0.4) is 0 Å². The van der Waals surface area contributed by atoms with Gasteiger partial charge in [-0.15, -0.1) is 0 Å². The minimum Gasteiger partial charge on any atom is -0.387 e. The number of para-hydroxylation sites is 1. The van der Waals surface area contributed by atoms with Crippen LogP contribution in [0.1, 0.15) is 37.0 Å². The van der Waals surface area contributed by atoms with Crippen molar-refractivity contribution >= 4 is 11.6 Å². The maximum absolute atomic E-state index is 12.5. The highest BCUT2D eigenvalue weighted by molar-refractivity contribution is 5.99. The fourth-order valence-electron chi connectivity index (χ4n) is 2.83. The lowest BCUT2D eigenvalue weighted by molar-refractivity contribution is 0.0668. The molecule has 0 atom stereocenters. The summed E-state index contributed by atoms with van der Waals surface area (Å²) >= 11 is 0. The van der Waals surface area contributed by atoms with Gasteiger partial charge in [0, 0.05) is 25.8 Å². The highest BCUT2D eigenvalue weighted by Crippen LogP contribution is 2.26. The summed E-state index contributed by atoms with van der Waals surface area (Å²) in [4.78, 5) is 14.5. The number of benzene rings is 1. The predicted octanol–water partition coefficient (Wildman–Crippen LogP) is 3.24. The quantitative estimate of drug-likeness (QED) is 0.905. The SMILES string of the molecule is CNc1ccccc1C(=O)N1CCC(C(C)C)CC1. The van der Waals surface area contributed by atoms with E-state index in [9.17, 15) is 4.79 Å². The van der Waals surface area contributed by atoms with E-state index in [2.05, 4.69) is 19.2 Å². The molecule has 1 aromatic carbocycles. The van der Waals surface area contributed by atoms with Crippen molar-refractivity contribution in [2.75, 3.05) is 25.5 Å². The van der Waals surface area contributed by atoms with Gasteiger partial charge < -0.3 is 10.2 Å². The van der Waals surface area contributed by atoms with Crippen molar-refractivity contribution in [2.24, 2.45) is 11.8 Å². The summed E-state index contributed by atoms with van der Waals surface area (Å²) in [5, 5.41) is 3.10. The third kappa shape index (κ3) is 3.09. The second-order valence-corrected chi connectivity index (χ2v) is 5.67. The summed E-state index contributed by atoms with van der Waals surface area (Å²) in [5.74, 6) is 1.65. The van der Waals surface area contributed by atoms with Gasteiger partial charge in [0.15, 0.2) is 0 Å². The van der Waals surface area contributed by atoms with Gasteiger partial charge in [-0.2, -0.15) is 0 Å². The molecule has 1 fully saturated rings. The number of piperidine rings is 1. The summed E-state index contributed by atoms with van der Waals surface area (Å²) in [6, 6.07) is 7.74. The molecular formula is C16H24N2O. The van der Waals surface area contributed by atoms with Crippen LogP contribution in [-0.4, -0.2) is 30.9 Å². The average molecular weight is 260 g/mol. The van der Waals surface area contributed by atoms with Gasteiger partial charge in [0.25, 0.3) is 5.91 Å². The van der Waals surface area contributed by atoms with Gasteiger partial charge in [-0.1, -0.05) is 26.0 Å². The summed E-state index contributed by atoms with van der Waals surface area (Å²) < 4.78 is 0. The zero-order valence-corrected chi connectivity index (χ0v) is 12.1. The lowest BCUT2D eigenvalue weighted by Crippen LogP contribution is -2.39. The lowest BCUT2D eigenvalue weighted by atomic mass is 9.86. The van der Waals surface area contributed by atoms with Crippen molar-refractivity contribution < 1.29 is 4.79 Å². The molecule has 19 heavy (non-hydrogen) atoms. The Morgan fingerprint density at radius 3 is 2.47 bits per heavy atom.